The largest absolute Gasteiger partial charge is 0.497 e. The van der Waals surface area contributed by atoms with E-state index in [1.54, 1.807) is 7.11 Å². The predicted molar refractivity (Wildman–Crippen MR) is 92.9 cm³/mol. The summed E-state index contributed by atoms with van der Waals surface area (Å²) in [5.74, 6) is 1.03. The van der Waals surface area contributed by atoms with Crippen LogP contribution in [-0.2, 0) is 11.3 Å². The highest BCUT2D eigenvalue weighted by atomic mass is 16.5. The Morgan fingerprint density at radius 2 is 2.12 bits per heavy atom. The zero-order valence-corrected chi connectivity index (χ0v) is 14.7. The van der Waals surface area contributed by atoms with Crippen LogP contribution in [0.2, 0.25) is 0 Å². The predicted octanol–water partition coefficient (Wildman–Crippen LogP) is 2.03. The summed E-state index contributed by atoms with van der Waals surface area (Å²) in [6.45, 7) is 4.44. The number of hydrogen-bond donors (Lipinski definition) is 1. The number of carbonyl (C=O) groups excluding carboxylic acids is 1. The summed E-state index contributed by atoms with van der Waals surface area (Å²) < 4.78 is 5.19. The monoisotopic (exact) mass is 332 g/mol. The van der Waals surface area contributed by atoms with Crippen LogP contribution in [0.3, 0.4) is 0 Å². The minimum Gasteiger partial charge on any atom is -0.497 e. The fourth-order valence-electron chi connectivity index (χ4n) is 4.29. The molecule has 2 heterocycles. The molecule has 2 aliphatic heterocycles. The number of rotatable bonds is 6. The first-order chi connectivity index (χ1) is 11.6. The summed E-state index contributed by atoms with van der Waals surface area (Å²) in [4.78, 5) is 17.3. The lowest BCUT2D eigenvalue weighted by atomic mass is 9.95. The Labute approximate surface area is 144 Å². The highest BCUT2D eigenvalue weighted by molar-refractivity contribution is 5.82. The van der Waals surface area contributed by atoms with Crippen molar-refractivity contribution in [3.05, 3.63) is 29.8 Å². The molecule has 132 valence electrons. The molecule has 0 aromatic heterocycles. The first-order valence-corrected chi connectivity index (χ1v) is 8.93. The zero-order chi connectivity index (χ0) is 17.2. The van der Waals surface area contributed by atoms with Gasteiger partial charge in [0.2, 0.25) is 5.91 Å². The van der Waals surface area contributed by atoms with Crippen molar-refractivity contribution in [3.8, 4) is 5.75 Å². The third-order valence-corrected chi connectivity index (χ3v) is 5.72. The van der Waals surface area contributed by atoms with E-state index in [1.165, 1.54) is 0 Å². The van der Waals surface area contributed by atoms with Crippen LogP contribution < -0.4 is 4.74 Å². The van der Waals surface area contributed by atoms with Gasteiger partial charge in [0, 0.05) is 18.6 Å². The Kier molecular flexibility index (Phi) is 5.11. The molecule has 5 heteroatoms. The fraction of sp³-hybridized carbons (Fsp3) is 0.632. The molecule has 0 radical (unpaired) electrons. The summed E-state index contributed by atoms with van der Waals surface area (Å²) in [5, 5.41) is 9.83. The molecule has 0 bridgehead atoms. The van der Waals surface area contributed by atoms with E-state index in [0.717, 1.165) is 43.5 Å². The van der Waals surface area contributed by atoms with Gasteiger partial charge in [-0.25, -0.2) is 0 Å². The Bertz CT molecular complexity index is 574. The van der Waals surface area contributed by atoms with E-state index in [1.807, 2.05) is 36.1 Å². The number of benzene rings is 1. The minimum absolute atomic E-state index is 0.0714. The van der Waals surface area contributed by atoms with Gasteiger partial charge in [0.15, 0.2) is 0 Å². The molecule has 0 saturated carbocycles. The van der Waals surface area contributed by atoms with E-state index in [-0.39, 0.29) is 24.1 Å². The lowest BCUT2D eigenvalue weighted by Gasteiger charge is -2.35. The van der Waals surface area contributed by atoms with Gasteiger partial charge in [-0.3, -0.25) is 9.69 Å². The Morgan fingerprint density at radius 1 is 1.38 bits per heavy atom. The molecule has 0 unspecified atom stereocenters. The molecule has 0 aliphatic carbocycles. The van der Waals surface area contributed by atoms with Crippen molar-refractivity contribution >= 4 is 5.91 Å². The van der Waals surface area contributed by atoms with Crippen LogP contribution in [-0.4, -0.2) is 59.2 Å². The maximum atomic E-state index is 13.1. The quantitative estimate of drug-likeness (QED) is 0.866. The average molecular weight is 332 g/mol. The number of ether oxygens (including phenoxy) is 1. The highest BCUT2D eigenvalue weighted by Crippen LogP contribution is 2.42. The van der Waals surface area contributed by atoms with Crippen molar-refractivity contribution in [1.82, 2.24) is 9.80 Å². The Hall–Kier alpha value is -1.59. The molecule has 5 nitrogen and oxygen atoms in total. The number of fused-ring (bicyclic) bond motifs is 1. The van der Waals surface area contributed by atoms with Crippen LogP contribution in [0, 0.1) is 0 Å². The van der Waals surface area contributed by atoms with Gasteiger partial charge >= 0.3 is 0 Å². The van der Waals surface area contributed by atoms with Crippen LogP contribution in [0.1, 0.15) is 38.2 Å². The molecule has 2 atom stereocenters. The SMILES string of the molecule is CCN(Cc1ccc(OC)cc1)C(=O)[C@H]1CC[C@@]2(CO)CCCN12. The van der Waals surface area contributed by atoms with E-state index >= 15 is 0 Å². The smallest absolute Gasteiger partial charge is 0.240 e. The van der Waals surface area contributed by atoms with Crippen LogP contribution in [0.15, 0.2) is 24.3 Å². The number of likely N-dealkylation sites (N-methyl/N-ethyl adjacent to an activating group) is 1. The second-order valence-corrected chi connectivity index (χ2v) is 6.93. The maximum absolute atomic E-state index is 13.1. The van der Waals surface area contributed by atoms with Gasteiger partial charge in [-0.1, -0.05) is 12.1 Å². The molecule has 1 aromatic carbocycles. The van der Waals surface area contributed by atoms with Crippen LogP contribution in [0.4, 0.5) is 0 Å². The molecular formula is C19H28N2O3. The third-order valence-electron chi connectivity index (χ3n) is 5.72. The van der Waals surface area contributed by atoms with Crippen LogP contribution in [0.25, 0.3) is 0 Å². The van der Waals surface area contributed by atoms with Gasteiger partial charge in [-0.05, 0) is 56.8 Å². The zero-order valence-electron chi connectivity index (χ0n) is 14.7. The first-order valence-electron chi connectivity index (χ1n) is 8.93. The fourth-order valence-corrected chi connectivity index (χ4v) is 4.29. The molecule has 24 heavy (non-hydrogen) atoms. The van der Waals surface area contributed by atoms with Crippen molar-refractivity contribution in [1.29, 1.82) is 0 Å². The molecule has 2 fully saturated rings. The lowest BCUT2D eigenvalue weighted by Crippen LogP contribution is -2.51. The van der Waals surface area contributed by atoms with E-state index < -0.39 is 0 Å². The normalized spacial score (nSPS) is 26.4. The van der Waals surface area contributed by atoms with Crippen molar-refractivity contribution < 1.29 is 14.6 Å². The lowest BCUT2D eigenvalue weighted by molar-refractivity contribution is -0.137. The number of hydrogen-bond acceptors (Lipinski definition) is 4. The van der Waals surface area contributed by atoms with Crippen molar-refractivity contribution in [2.45, 2.75) is 50.7 Å². The van der Waals surface area contributed by atoms with Crippen molar-refractivity contribution in [2.75, 3.05) is 26.8 Å². The standard InChI is InChI=1S/C19H28N2O3/c1-3-20(13-15-5-7-16(24-2)8-6-15)18(23)17-9-11-19(14-22)10-4-12-21(17)19/h5-8,17,22H,3-4,9-14H2,1-2H3/t17-,19-/m1/s1. The van der Waals surface area contributed by atoms with Gasteiger partial charge in [0.1, 0.15) is 5.75 Å². The molecule has 1 aromatic rings. The number of nitrogens with zero attached hydrogens (tertiary/aromatic N) is 2. The summed E-state index contributed by atoms with van der Waals surface area (Å²) in [6, 6.07) is 7.81. The summed E-state index contributed by atoms with van der Waals surface area (Å²) in [6.07, 6.45) is 3.88. The van der Waals surface area contributed by atoms with Gasteiger partial charge in [0.05, 0.1) is 19.8 Å². The Balaban J connectivity index is 1.70. The van der Waals surface area contributed by atoms with Gasteiger partial charge in [-0.2, -0.15) is 0 Å². The number of aliphatic hydroxyl groups is 1. The van der Waals surface area contributed by atoms with Crippen molar-refractivity contribution in [2.24, 2.45) is 0 Å². The molecule has 1 N–H and O–H groups in total. The van der Waals surface area contributed by atoms with Gasteiger partial charge in [0.25, 0.3) is 0 Å². The average Bonchev–Trinajstić information content (AvgIpc) is 3.18. The van der Waals surface area contributed by atoms with E-state index in [0.29, 0.717) is 13.1 Å². The van der Waals surface area contributed by atoms with E-state index in [4.69, 9.17) is 4.74 Å². The topological polar surface area (TPSA) is 53.0 Å². The number of carbonyl (C=O) groups is 1. The molecule has 0 spiro atoms. The number of methoxy groups -OCH3 is 1. The summed E-state index contributed by atoms with van der Waals surface area (Å²) >= 11 is 0. The van der Waals surface area contributed by atoms with Crippen molar-refractivity contribution in [3.63, 3.8) is 0 Å². The minimum atomic E-state index is -0.139. The second kappa shape index (κ2) is 7.11. The Morgan fingerprint density at radius 3 is 2.75 bits per heavy atom. The summed E-state index contributed by atoms with van der Waals surface area (Å²) in [7, 11) is 1.65. The second-order valence-electron chi connectivity index (χ2n) is 6.93. The van der Waals surface area contributed by atoms with E-state index in [9.17, 15) is 9.90 Å². The van der Waals surface area contributed by atoms with Gasteiger partial charge in [-0.15, -0.1) is 0 Å². The molecular weight excluding hydrogens is 304 g/mol. The number of amides is 1. The van der Waals surface area contributed by atoms with E-state index in [2.05, 4.69) is 4.90 Å². The molecule has 3 rings (SSSR count). The molecule has 2 saturated heterocycles. The van der Waals surface area contributed by atoms with Crippen LogP contribution >= 0.6 is 0 Å². The highest BCUT2D eigenvalue weighted by Gasteiger charge is 2.51. The van der Waals surface area contributed by atoms with Crippen LogP contribution in [0.5, 0.6) is 5.75 Å². The summed E-state index contributed by atoms with van der Waals surface area (Å²) in [5.41, 5.74) is 0.971. The molecule has 2 aliphatic rings. The van der Waals surface area contributed by atoms with Gasteiger partial charge < -0.3 is 14.7 Å². The maximum Gasteiger partial charge on any atom is 0.240 e. The third kappa shape index (κ3) is 3.03. The number of aliphatic hydroxyl groups excluding tert-OH is 1. The molecule has 1 amide bonds. The first kappa shape index (κ1) is 17.2.